The van der Waals surface area contributed by atoms with Crippen molar-refractivity contribution in [3.63, 3.8) is 0 Å². The van der Waals surface area contributed by atoms with Gasteiger partial charge in [-0.2, -0.15) is 0 Å². The van der Waals surface area contributed by atoms with Gasteiger partial charge in [0.2, 0.25) is 5.91 Å². The third-order valence-electron chi connectivity index (χ3n) is 2.00. The van der Waals surface area contributed by atoms with Crippen molar-refractivity contribution in [2.24, 2.45) is 0 Å². The number of rotatable bonds is 8. The zero-order valence-electron chi connectivity index (χ0n) is 10.6. The summed E-state index contributed by atoms with van der Waals surface area (Å²) in [5, 5.41) is 15.2. The number of aliphatic hydroxyl groups excluding tert-OH is 1. The van der Waals surface area contributed by atoms with Gasteiger partial charge in [0.05, 0.1) is 18.8 Å². The molecule has 96 valence electrons. The van der Waals surface area contributed by atoms with Crippen LogP contribution in [0.25, 0.3) is 0 Å². The van der Waals surface area contributed by atoms with Crippen LogP contribution in [0.1, 0.15) is 27.7 Å². The molecule has 16 heavy (non-hydrogen) atoms. The molecule has 0 aliphatic heterocycles. The topological polar surface area (TPSA) is 70.6 Å². The van der Waals surface area contributed by atoms with Crippen LogP contribution in [0, 0.1) is 0 Å². The maximum atomic E-state index is 11.5. The highest BCUT2D eigenvalue weighted by Gasteiger charge is 2.14. The minimum Gasteiger partial charge on any atom is -0.389 e. The second-order valence-corrected chi connectivity index (χ2v) is 4.11. The Labute approximate surface area is 97.6 Å². The number of carbonyl (C=O) groups is 1. The largest absolute Gasteiger partial charge is 0.389 e. The van der Waals surface area contributed by atoms with Crippen molar-refractivity contribution >= 4 is 5.91 Å². The Morgan fingerprint density at radius 3 is 2.50 bits per heavy atom. The van der Waals surface area contributed by atoms with Crippen molar-refractivity contribution in [2.45, 2.75) is 45.9 Å². The Morgan fingerprint density at radius 1 is 1.38 bits per heavy atom. The Balaban J connectivity index is 3.70. The Hall–Kier alpha value is -0.650. The molecule has 1 amide bonds. The standard InChI is InChI=1S/C11H24N2O3/c1-5-16-7-10(14)6-12-9(4)11(15)13-8(2)3/h8-10,12,14H,5-7H2,1-4H3,(H,13,15). The number of nitrogens with one attached hydrogen (secondary N) is 2. The van der Waals surface area contributed by atoms with Crippen LogP contribution in [-0.4, -0.2) is 49.0 Å². The van der Waals surface area contributed by atoms with Crippen molar-refractivity contribution in [3.8, 4) is 0 Å². The van der Waals surface area contributed by atoms with Crippen molar-refractivity contribution in [3.05, 3.63) is 0 Å². The molecule has 0 heterocycles. The third-order valence-corrected chi connectivity index (χ3v) is 2.00. The van der Waals surface area contributed by atoms with Crippen LogP contribution in [0.3, 0.4) is 0 Å². The lowest BCUT2D eigenvalue weighted by molar-refractivity contribution is -0.123. The molecule has 0 fully saturated rings. The quantitative estimate of drug-likeness (QED) is 0.546. The Bertz CT molecular complexity index is 198. The van der Waals surface area contributed by atoms with Crippen molar-refractivity contribution in [1.29, 1.82) is 0 Å². The second kappa shape index (κ2) is 8.50. The molecule has 5 heteroatoms. The van der Waals surface area contributed by atoms with Gasteiger partial charge in [0.1, 0.15) is 0 Å². The van der Waals surface area contributed by atoms with Crippen LogP contribution < -0.4 is 10.6 Å². The van der Waals surface area contributed by atoms with E-state index in [1.807, 2.05) is 20.8 Å². The monoisotopic (exact) mass is 232 g/mol. The smallest absolute Gasteiger partial charge is 0.237 e. The maximum absolute atomic E-state index is 11.5. The van der Waals surface area contributed by atoms with Crippen LogP contribution in [0.2, 0.25) is 0 Å². The van der Waals surface area contributed by atoms with E-state index in [1.165, 1.54) is 0 Å². The molecule has 0 radical (unpaired) electrons. The molecule has 0 aliphatic carbocycles. The molecule has 0 aliphatic rings. The fourth-order valence-corrected chi connectivity index (χ4v) is 1.13. The molecule has 5 nitrogen and oxygen atoms in total. The molecule has 2 atom stereocenters. The van der Waals surface area contributed by atoms with Gasteiger partial charge in [-0.05, 0) is 27.7 Å². The van der Waals surface area contributed by atoms with Crippen molar-refractivity contribution in [1.82, 2.24) is 10.6 Å². The van der Waals surface area contributed by atoms with Crippen LogP contribution in [0.5, 0.6) is 0 Å². The molecular weight excluding hydrogens is 208 g/mol. The summed E-state index contributed by atoms with van der Waals surface area (Å²) in [5.41, 5.74) is 0. The van der Waals surface area contributed by atoms with E-state index in [1.54, 1.807) is 6.92 Å². The second-order valence-electron chi connectivity index (χ2n) is 4.11. The van der Waals surface area contributed by atoms with Gasteiger partial charge in [-0.1, -0.05) is 0 Å². The molecule has 0 saturated carbocycles. The van der Waals surface area contributed by atoms with Crippen LogP contribution in [0.15, 0.2) is 0 Å². The number of ether oxygens (including phenoxy) is 1. The molecule has 0 aromatic rings. The maximum Gasteiger partial charge on any atom is 0.237 e. The highest BCUT2D eigenvalue weighted by atomic mass is 16.5. The summed E-state index contributed by atoms with van der Waals surface area (Å²) < 4.78 is 5.06. The van der Waals surface area contributed by atoms with Gasteiger partial charge in [-0.3, -0.25) is 4.79 Å². The van der Waals surface area contributed by atoms with Crippen molar-refractivity contribution in [2.75, 3.05) is 19.8 Å². The lowest BCUT2D eigenvalue weighted by Gasteiger charge is -2.18. The van der Waals surface area contributed by atoms with E-state index < -0.39 is 6.10 Å². The van der Waals surface area contributed by atoms with Crippen LogP contribution in [0.4, 0.5) is 0 Å². The summed E-state index contributed by atoms with van der Waals surface area (Å²) >= 11 is 0. The fourth-order valence-electron chi connectivity index (χ4n) is 1.13. The third kappa shape index (κ3) is 7.62. The molecule has 3 N–H and O–H groups in total. The number of carbonyl (C=O) groups excluding carboxylic acids is 1. The highest BCUT2D eigenvalue weighted by molar-refractivity contribution is 5.81. The molecule has 0 rings (SSSR count). The average molecular weight is 232 g/mol. The summed E-state index contributed by atoms with van der Waals surface area (Å²) in [4.78, 5) is 11.5. The van der Waals surface area contributed by atoms with Crippen LogP contribution in [-0.2, 0) is 9.53 Å². The molecular formula is C11H24N2O3. The van der Waals surface area contributed by atoms with Gasteiger partial charge in [0.15, 0.2) is 0 Å². The molecule has 0 bridgehead atoms. The van der Waals surface area contributed by atoms with E-state index >= 15 is 0 Å². The van der Waals surface area contributed by atoms with E-state index in [-0.39, 0.29) is 18.0 Å². The molecule has 0 aromatic heterocycles. The number of hydrogen-bond acceptors (Lipinski definition) is 4. The first-order chi connectivity index (χ1) is 7.47. The zero-order chi connectivity index (χ0) is 12.6. The van der Waals surface area contributed by atoms with E-state index in [0.717, 1.165) is 0 Å². The van der Waals surface area contributed by atoms with Gasteiger partial charge >= 0.3 is 0 Å². The lowest BCUT2D eigenvalue weighted by atomic mass is 10.2. The molecule has 0 saturated heterocycles. The van der Waals surface area contributed by atoms with Crippen molar-refractivity contribution < 1.29 is 14.6 Å². The molecule has 0 spiro atoms. The summed E-state index contributed by atoms with van der Waals surface area (Å²) in [6, 6.07) is -0.177. The Kier molecular flexibility index (Phi) is 8.15. The van der Waals surface area contributed by atoms with Gasteiger partial charge in [-0.15, -0.1) is 0 Å². The Morgan fingerprint density at radius 2 is 2.00 bits per heavy atom. The molecule has 2 unspecified atom stereocenters. The lowest BCUT2D eigenvalue weighted by Crippen LogP contribution is -2.47. The SMILES string of the molecule is CCOCC(O)CNC(C)C(=O)NC(C)C. The first kappa shape index (κ1) is 15.3. The average Bonchev–Trinajstić information content (AvgIpc) is 2.21. The van der Waals surface area contributed by atoms with Gasteiger partial charge < -0.3 is 20.5 Å². The summed E-state index contributed by atoms with van der Waals surface area (Å²) in [6.45, 7) is 8.70. The minimum absolute atomic E-state index is 0.0568. The summed E-state index contributed by atoms with van der Waals surface area (Å²) in [7, 11) is 0. The first-order valence-corrected chi connectivity index (χ1v) is 5.76. The minimum atomic E-state index is -0.575. The highest BCUT2D eigenvalue weighted by Crippen LogP contribution is 1.88. The fraction of sp³-hybridized carbons (Fsp3) is 0.909. The first-order valence-electron chi connectivity index (χ1n) is 5.76. The summed E-state index contributed by atoms with van der Waals surface area (Å²) in [5.74, 6) is -0.0568. The normalized spacial score (nSPS) is 14.9. The zero-order valence-corrected chi connectivity index (χ0v) is 10.6. The van der Waals surface area contributed by atoms with Crippen LogP contribution >= 0.6 is 0 Å². The number of hydrogen-bond donors (Lipinski definition) is 3. The van der Waals surface area contributed by atoms with Gasteiger partial charge in [0, 0.05) is 19.2 Å². The van der Waals surface area contributed by atoms with E-state index in [2.05, 4.69) is 10.6 Å². The summed E-state index contributed by atoms with van der Waals surface area (Å²) in [6.07, 6.45) is -0.575. The van der Waals surface area contributed by atoms with E-state index in [0.29, 0.717) is 19.8 Å². The van der Waals surface area contributed by atoms with Gasteiger partial charge in [-0.25, -0.2) is 0 Å². The van der Waals surface area contributed by atoms with Gasteiger partial charge in [0.25, 0.3) is 0 Å². The van der Waals surface area contributed by atoms with E-state index in [9.17, 15) is 9.90 Å². The van der Waals surface area contributed by atoms with E-state index in [4.69, 9.17) is 4.74 Å². The predicted octanol–water partition coefficient (Wildman–Crippen LogP) is -0.113. The predicted molar refractivity (Wildman–Crippen MR) is 63.2 cm³/mol. The molecule has 0 aromatic carbocycles. The number of amides is 1. The number of aliphatic hydroxyl groups is 1.